The molecule has 0 aliphatic carbocycles. The molecule has 0 saturated carbocycles. The lowest BCUT2D eigenvalue weighted by Crippen LogP contribution is -2.38. The second-order valence-electron chi connectivity index (χ2n) is 4.38. The van der Waals surface area contributed by atoms with Crippen molar-refractivity contribution in [1.82, 2.24) is 14.5 Å². The van der Waals surface area contributed by atoms with E-state index < -0.39 is 11.2 Å². The van der Waals surface area contributed by atoms with Gasteiger partial charge in [0.1, 0.15) is 5.15 Å². The first-order valence-corrected chi connectivity index (χ1v) is 6.85. The molecule has 0 radical (unpaired) electrons. The highest BCUT2D eigenvalue weighted by atomic mass is 35.5. The van der Waals surface area contributed by atoms with Crippen molar-refractivity contribution in [1.29, 1.82) is 0 Å². The van der Waals surface area contributed by atoms with Gasteiger partial charge in [-0.25, -0.2) is 4.79 Å². The van der Waals surface area contributed by atoms with Gasteiger partial charge < -0.3 is 4.98 Å². The lowest BCUT2D eigenvalue weighted by Gasteiger charge is -2.10. The smallest absolute Gasteiger partial charge is 0.315 e. The summed E-state index contributed by atoms with van der Waals surface area (Å²) >= 11 is 6.87. The molecular formula is C11H12ClN3O3S. The summed E-state index contributed by atoms with van der Waals surface area (Å²) in [6.07, 6.45) is 0. The Kier molecular flexibility index (Phi) is 3.77. The van der Waals surface area contributed by atoms with E-state index in [9.17, 15) is 14.4 Å². The van der Waals surface area contributed by atoms with E-state index in [2.05, 4.69) is 9.97 Å². The van der Waals surface area contributed by atoms with Crippen LogP contribution >= 0.6 is 22.9 Å². The van der Waals surface area contributed by atoms with Crippen molar-refractivity contribution < 1.29 is 0 Å². The van der Waals surface area contributed by atoms with E-state index in [0.29, 0.717) is 11.3 Å². The third-order valence-corrected chi connectivity index (χ3v) is 3.67. The van der Waals surface area contributed by atoms with E-state index in [4.69, 9.17) is 11.6 Å². The van der Waals surface area contributed by atoms with Gasteiger partial charge in [0.15, 0.2) is 0 Å². The van der Waals surface area contributed by atoms with Gasteiger partial charge in [-0.1, -0.05) is 36.8 Å². The highest BCUT2D eigenvalue weighted by Gasteiger charge is 2.16. The summed E-state index contributed by atoms with van der Waals surface area (Å²) in [6, 6.07) is 0. The monoisotopic (exact) mass is 301 g/mol. The fourth-order valence-corrected chi connectivity index (χ4v) is 2.72. The Hall–Kier alpha value is -1.60. The molecule has 0 aromatic carbocycles. The number of nitrogens with zero attached hydrogens (tertiary/aromatic N) is 1. The van der Waals surface area contributed by atoms with Crippen molar-refractivity contribution in [3.63, 3.8) is 0 Å². The van der Waals surface area contributed by atoms with Gasteiger partial charge in [-0.05, 0) is 5.92 Å². The van der Waals surface area contributed by atoms with Crippen molar-refractivity contribution in [2.75, 3.05) is 0 Å². The van der Waals surface area contributed by atoms with Crippen LogP contribution in [0.25, 0.3) is 0 Å². The molecule has 2 rings (SSSR count). The van der Waals surface area contributed by atoms with Crippen molar-refractivity contribution >= 4 is 22.9 Å². The van der Waals surface area contributed by atoms with Crippen LogP contribution in [0, 0.1) is 0 Å². The molecule has 2 N–H and O–H groups in total. The van der Waals surface area contributed by atoms with Gasteiger partial charge in [0, 0.05) is 11.1 Å². The second-order valence-corrected chi connectivity index (χ2v) is 5.60. The first-order valence-electron chi connectivity index (χ1n) is 5.59. The third kappa shape index (κ3) is 2.71. The van der Waals surface area contributed by atoms with Gasteiger partial charge in [-0.15, -0.1) is 0 Å². The largest absolute Gasteiger partial charge is 0.329 e. The molecule has 8 heteroatoms. The number of nitrogens with one attached hydrogen (secondary N) is 2. The van der Waals surface area contributed by atoms with Crippen LogP contribution in [0.15, 0.2) is 19.8 Å². The molecule has 2 aromatic rings. The molecule has 0 atom stereocenters. The Morgan fingerprint density at radius 2 is 2.00 bits per heavy atom. The Bertz CT molecular complexity index is 768. The van der Waals surface area contributed by atoms with E-state index in [0.717, 1.165) is 15.9 Å². The molecule has 19 heavy (non-hydrogen) atoms. The normalized spacial score (nSPS) is 11.2. The van der Waals surface area contributed by atoms with Crippen LogP contribution in [-0.2, 0) is 6.54 Å². The number of thiazole rings is 1. The number of halogens is 1. The van der Waals surface area contributed by atoms with E-state index in [-0.39, 0.29) is 22.5 Å². The van der Waals surface area contributed by atoms with Gasteiger partial charge in [0.2, 0.25) is 0 Å². The van der Waals surface area contributed by atoms with Crippen molar-refractivity contribution in [3.8, 4) is 0 Å². The van der Waals surface area contributed by atoms with Crippen LogP contribution in [-0.4, -0.2) is 14.5 Å². The summed E-state index contributed by atoms with van der Waals surface area (Å²) in [5, 5.41) is 1.65. The molecule has 102 valence electrons. The van der Waals surface area contributed by atoms with Gasteiger partial charge >= 0.3 is 10.6 Å². The van der Waals surface area contributed by atoms with Crippen LogP contribution in [0.3, 0.4) is 0 Å². The molecule has 0 spiro atoms. The average molecular weight is 302 g/mol. The van der Waals surface area contributed by atoms with E-state index in [1.165, 1.54) is 0 Å². The van der Waals surface area contributed by atoms with Gasteiger partial charge in [-0.2, -0.15) is 0 Å². The summed E-state index contributed by atoms with van der Waals surface area (Å²) in [5.74, 6) is -0.107. The minimum absolute atomic E-state index is 0.0177. The molecule has 6 nitrogen and oxygen atoms in total. The van der Waals surface area contributed by atoms with Crippen LogP contribution in [0.2, 0.25) is 5.15 Å². The molecule has 0 unspecified atom stereocenters. The number of rotatable bonds is 3. The van der Waals surface area contributed by atoms with Gasteiger partial charge in [0.05, 0.1) is 12.1 Å². The topological polar surface area (TPSA) is 87.7 Å². The third-order valence-electron chi connectivity index (χ3n) is 2.65. The van der Waals surface area contributed by atoms with Crippen LogP contribution in [0.4, 0.5) is 0 Å². The Morgan fingerprint density at radius 3 is 2.53 bits per heavy atom. The summed E-state index contributed by atoms with van der Waals surface area (Å²) < 4.78 is 1.03. The second kappa shape index (κ2) is 5.18. The minimum atomic E-state index is -0.591. The zero-order valence-corrected chi connectivity index (χ0v) is 11.9. The maximum atomic E-state index is 12.2. The van der Waals surface area contributed by atoms with Crippen molar-refractivity contribution in [2.45, 2.75) is 26.3 Å². The standard InChI is InChI=1S/C11H12ClN3O3S/c1-5(2)7-8(12)14-10(17)15(9(7)16)3-6-4-19-11(18)13-6/h4-5H,3H2,1-2H3,(H,13,18)(H,14,17). The number of hydrogen-bond acceptors (Lipinski definition) is 4. The highest BCUT2D eigenvalue weighted by Crippen LogP contribution is 2.16. The van der Waals surface area contributed by atoms with E-state index in [1.807, 2.05) is 13.8 Å². The maximum absolute atomic E-state index is 12.2. The summed E-state index contributed by atoms with van der Waals surface area (Å²) in [6.45, 7) is 3.65. The first-order chi connectivity index (χ1) is 8.90. The Morgan fingerprint density at radius 1 is 1.32 bits per heavy atom. The number of aromatic nitrogens is 3. The molecular weight excluding hydrogens is 290 g/mol. The quantitative estimate of drug-likeness (QED) is 0.833. The SMILES string of the molecule is CC(C)c1c(Cl)[nH]c(=O)n(Cc2csc(=O)[nH]2)c1=O. The molecule has 0 aliphatic rings. The first kappa shape index (κ1) is 13.8. The molecule has 0 amide bonds. The van der Waals surface area contributed by atoms with Gasteiger partial charge in [-0.3, -0.25) is 19.1 Å². The lowest BCUT2D eigenvalue weighted by atomic mass is 10.1. The fourth-order valence-electron chi connectivity index (χ4n) is 1.77. The molecule has 0 fully saturated rings. The minimum Gasteiger partial charge on any atom is -0.315 e. The van der Waals surface area contributed by atoms with E-state index in [1.54, 1.807) is 5.38 Å². The molecule has 0 saturated heterocycles. The molecule has 2 heterocycles. The Balaban J connectivity index is 2.58. The van der Waals surface area contributed by atoms with Crippen molar-refractivity contribution in [2.24, 2.45) is 0 Å². The van der Waals surface area contributed by atoms with Crippen LogP contribution < -0.4 is 16.1 Å². The number of H-pyrrole nitrogens is 2. The number of aromatic amines is 2. The predicted molar refractivity (Wildman–Crippen MR) is 74.5 cm³/mol. The van der Waals surface area contributed by atoms with Crippen LogP contribution in [0.1, 0.15) is 31.0 Å². The Labute approximate surface area is 116 Å². The summed E-state index contributed by atoms with van der Waals surface area (Å²) in [4.78, 5) is 39.8. The van der Waals surface area contributed by atoms with Gasteiger partial charge in [0.25, 0.3) is 5.56 Å². The lowest BCUT2D eigenvalue weighted by molar-refractivity contribution is 0.661. The summed E-state index contributed by atoms with van der Waals surface area (Å²) in [5.41, 5.74) is -0.152. The number of hydrogen-bond donors (Lipinski definition) is 2. The fraction of sp³-hybridized carbons (Fsp3) is 0.364. The molecule has 0 bridgehead atoms. The maximum Gasteiger partial charge on any atom is 0.329 e. The highest BCUT2D eigenvalue weighted by molar-refractivity contribution is 7.07. The van der Waals surface area contributed by atoms with Crippen molar-refractivity contribution in [3.05, 3.63) is 52.3 Å². The zero-order chi connectivity index (χ0) is 14.2. The molecule has 0 aliphatic heterocycles. The summed E-state index contributed by atoms with van der Waals surface area (Å²) in [7, 11) is 0. The average Bonchev–Trinajstić information content (AvgIpc) is 2.69. The predicted octanol–water partition coefficient (Wildman–Crippen LogP) is 1.11. The molecule has 2 aromatic heterocycles. The van der Waals surface area contributed by atoms with E-state index >= 15 is 0 Å². The zero-order valence-electron chi connectivity index (χ0n) is 10.3. The van der Waals surface area contributed by atoms with Crippen LogP contribution in [0.5, 0.6) is 0 Å².